The maximum absolute atomic E-state index is 12.1. The summed E-state index contributed by atoms with van der Waals surface area (Å²) < 4.78 is 5.86. The van der Waals surface area contributed by atoms with Crippen molar-refractivity contribution in [3.05, 3.63) is 94.0 Å². The van der Waals surface area contributed by atoms with Crippen molar-refractivity contribution in [1.29, 1.82) is 0 Å². The Labute approximate surface area is 192 Å². The Hall–Kier alpha value is -3.64. The fraction of sp³-hybridized carbons (Fsp3) is 0.160. The van der Waals surface area contributed by atoms with Crippen LogP contribution in [0.1, 0.15) is 28.7 Å². The summed E-state index contributed by atoms with van der Waals surface area (Å²) in [4.78, 5) is 24.1. The van der Waals surface area contributed by atoms with Gasteiger partial charge in [-0.25, -0.2) is 5.43 Å². The quantitative estimate of drug-likeness (QED) is 0.288. The van der Waals surface area contributed by atoms with Crippen LogP contribution in [0, 0.1) is 13.8 Å². The number of carbonyl (C=O) groups is 2. The Morgan fingerprint density at radius 3 is 2.47 bits per heavy atom. The lowest BCUT2D eigenvalue weighted by Crippen LogP contribution is -2.24. The van der Waals surface area contributed by atoms with E-state index in [1.54, 1.807) is 18.2 Å². The first-order valence-corrected chi connectivity index (χ1v) is 10.4. The van der Waals surface area contributed by atoms with E-state index in [1.165, 1.54) is 6.21 Å². The maximum atomic E-state index is 12.1. The Bertz CT molecular complexity index is 1130. The predicted octanol–water partition coefficient (Wildman–Crippen LogP) is 5.01. The third-order valence-corrected chi connectivity index (χ3v) is 4.98. The molecule has 3 rings (SSSR count). The molecular weight excluding hydrogens is 426 g/mol. The predicted molar refractivity (Wildman–Crippen MR) is 127 cm³/mol. The van der Waals surface area contributed by atoms with Gasteiger partial charge >= 0.3 is 0 Å². The van der Waals surface area contributed by atoms with Gasteiger partial charge in [-0.3, -0.25) is 9.59 Å². The number of amides is 2. The average molecular weight is 450 g/mol. The molecule has 0 saturated heterocycles. The van der Waals surface area contributed by atoms with Gasteiger partial charge in [0.2, 0.25) is 11.8 Å². The molecule has 32 heavy (non-hydrogen) atoms. The van der Waals surface area contributed by atoms with Crippen molar-refractivity contribution in [3.63, 3.8) is 0 Å². The van der Waals surface area contributed by atoms with E-state index in [1.807, 2.05) is 62.4 Å². The number of benzene rings is 3. The van der Waals surface area contributed by atoms with Gasteiger partial charge in [0, 0.05) is 16.3 Å². The first kappa shape index (κ1) is 23.0. The standard InChI is InChI=1S/C25H24ClN3O3/c1-17-7-12-22(13-18(17)2)28-24(30)14-25(31)29-27-15-20-5-3-4-6-23(20)32-16-19-8-10-21(26)11-9-19/h3-13,15H,14,16H2,1-2H3,(H,28,30)(H,29,31). The van der Waals surface area contributed by atoms with Crippen molar-refractivity contribution in [2.45, 2.75) is 26.9 Å². The van der Waals surface area contributed by atoms with Crippen LogP contribution < -0.4 is 15.5 Å². The number of halogens is 1. The van der Waals surface area contributed by atoms with E-state index in [0.29, 0.717) is 28.6 Å². The number of hydrazone groups is 1. The lowest BCUT2D eigenvalue weighted by atomic mass is 10.1. The third kappa shape index (κ3) is 6.96. The normalized spacial score (nSPS) is 10.7. The fourth-order valence-electron chi connectivity index (χ4n) is 2.84. The molecule has 0 aliphatic carbocycles. The Morgan fingerprint density at radius 2 is 1.72 bits per heavy atom. The number of aryl methyl sites for hydroxylation is 2. The summed E-state index contributed by atoms with van der Waals surface area (Å²) in [7, 11) is 0. The molecule has 2 amide bonds. The highest BCUT2D eigenvalue weighted by molar-refractivity contribution is 6.30. The first-order valence-electron chi connectivity index (χ1n) is 10.1. The molecule has 164 valence electrons. The van der Waals surface area contributed by atoms with Gasteiger partial charge in [-0.15, -0.1) is 0 Å². The molecule has 0 atom stereocenters. The number of rotatable bonds is 8. The van der Waals surface area contributed by atoms with Crippen LogP contribution in [0.3, 0.4) is 0 Å². The van der Waals surface area contributed by atoms with Gasteiger partial charge in [0.1, 0.15) is 18.8 Å². The molecule has 0 radical (unpaired) electrons. The van der Waals surface area contributed by atoms with Gasteiger partial charge in [0.15, 0.2) is 0 Å². The van der Waals surface area contributed by atoms with E-state index >= 15 is 0 Å². The van der Waals surface area contributed by atoms with E-state index in [0.717, 1.165) is 16.7 Å². The molecule has 0 aromatic heterocycles. The lowest BCUT2D eigenvalue weighted by Gasteiger charge is -2.09. The summed E-state index contributed by atoms with van der Waals surface area (Å²) in [6.45, 7) is 4.32. The Balaban J connectivity index is 1.51. The van der Waals surface area contributed by atoms with E-state index in [-0.39, 0.29) is 6.42 Å². The summed E-state index contributed by atoms with van der Waals surface area (Å²) in [5.41, 5.74) is 6.90. The molecule has 2 N–H and O–H groups in total. The van der Waals surface area contributed by atoms with Crippen molar-refractivity contribution in [2.24, 2.45) is 5.10 Å². The maximum Gasteiger partial charge on any atom is 0.249 e. The molecule has 0 aliphatic rings. The fourth-order valence-corrected chi connectivity index (χ4v) is 2.97. The smallest absolute Gasteiger partial charge is 0.249 e. The largest absolute Gasteiger partial charge is 0.488 e. The zero-order valence-electron chi connectivity index (χ0n) is 17.9. The topological polar surface area (TPSA) is 79.8 Å². The highest BCUT2D eigenvalue weighted by Crippen LogP contribution is 2.18. The molecule has 0 unspecified atom stereocenters. The van der Waals surface area contributed by atoms with Crippen LogP contribution in [0.2, 0.25) is 5.02 Å². The number of anilines is 1. The van der Waals surface area contributed by atoms with E-state index in [4.69, 9.17) is 16.3 Å². The molecular formula is C25H24ClN3O3. The molecule has 3 aromatic rings. The number of hydrogen-bond donors (Lipinski definition) is 2. The van der Waals surface area contributed by atoms with Crippen molar-refractivity contribution in [1.82, 2.24) is 5.43 Å². The summed E-state index contributed by atoms with van der Waals surface area (Å²) in [6.07, 6.45) is 1.15. The minimum Gasteiger partial charge on any atom is -0.488 e. The highest BCUT2D eigenvalue weighted by Gasteiger charge is 2.09. The lowest BCUT2D eigenvalue weighted by molar-refractivity contribution is -0.126. The number of para-hydroxylation sites is 1. The third-order valence-electron chi connectivity index (χ3n) is 4.73. The van der Waals surface area contributed by atoms with Crippen LogP contribution in [-0.2, 0) is 16.2 Å². The molecule has 0 aliphatic heterocycles. The highest BCUT2D eigenvalue weighted by atomic mass is 35.5. The minimum atomic E-state index is -0.512. The van der Waals surface area contributed by atoms with Gasteiger partial charge in [-0.2, -0.15) is 5.10 Å². The minimum absolute atomic E-state index is 0.334. The zero-order chi connectivity index (χ0) is 22.9. The van der Waals surface area contributed by atoms with Gasteiger partial charge in [0.25, 0.3) is 0 Å². The summed E-state index contributed by atoms with van der Waals surface area (Å²) >= 11 is 5.90. The molecule has 0 heterocycles. The molecule has 0 bridgehead atoms. The Morgan fingerprint density at radius 1 is 0.969 bits per heavy atom. The van der Waals surface area contributed by atoms with Crippen molar-refractivity contribution in [2.75, 3.05) is 5.32 Å². The molecule has 6 nitrogen and oxygen atoms in total. The number of nitrogens with zero attached hydrogens (tertiary/aromatic N) is 1. The van der Waals surface area contributed by atoms with Gasteiger partial charge in [-0.1, -0.05) is 41.9 Å². The monoisotopic (exact) mass is 449 g/mol. The van der Waals surface area contributed by atoms with Crippen LogP contribution in [0.15, 0.2) is 71.8 Å². The average Bonchev–Trinajstić information content (AvgIpc) is 2.76. The second kappa shape index (κ2) is 11.1. The van der Waals surface area contributed by atoms with Crippen molar-refractivity contribution < 1.29 is 14.3 Å². The second-order valence-corrected chi connectivity index (χ2v) is 7.71. The summed E-state index contributed by atoms with van der Waals surface area (Å²) in [5.74, 6) is -0.303. The zero-order valence-corrected chi connectivity index (χ0v) is 18.6. The van der Waals surface area contributed by atoms with E-state index in [2.05, 4.69) is 15.8 Å². The molecule has 7 heteroatoms. The molecule has 0 spiro atoms. The molecule has 3 aromatic carbocycles. The van der Waals surface area contributed by atoms with Gasteiger partial charge < -0.3 is 10.1 Å². The second-order valence-electron chi connectivity index (χ2n) is 7.27. The van der Waals surface area contributed by atoms with Crippen molar-refractivity contribution in [3.8, 4) is 5.75 Å². The number of nitrogens with one attached hydrogen (secondary N) is 2. The van der Waals surface area contributed by atoms with E-state index < -0.39 is 11.8 Å². The number of hydrogen-bond acceptors (Lipinski definition) is 4. The van der Waals surface area contributed by atoms with Crippen LogP contribution in [-0.4, -0.2) is 18.0 Å². The molecule has 0 saturated carbocycles. The summed E-state index contributed by atoms with van der Waals surface area (Å²) in [5, 5.41) is 7.33. The number of carbonyl (C=O) groups excluding carboxylic acids is 2. The molecule has 0 fully saturated rings. The van der Waals surface area contributed by atoms with Crippen LogP contribution in [0.5, 0.6) is 5.75 Å². The Kier molecular flexibility index (Phi) is 8.00. The van der Waals surface area contributed by atoms with Crippen LogP contribution >= 0.6 is 11.6 Å². The van der Waals surface area contributed by atoms with Gasteiger partial charge in [0.05, 0.1) is 6.21 Å². The van der Waals surface area contributed by atoms with Crippen molar-refractivity contribution >= 4 is 35.3 Å². The number of ether oxygens (including phenoxy) is 1. The van der Waals surface area contributed by atoms with Gasteiger partial charge in [-0.05, 0) is 66.9 Å². The van der Waals surface area contributed by atoms with E-state index in [9.17, 15) is 9.59 Å². The first-order chi connectivity index (χ1) is 15.4. The van der Waals surface area contributed by atoms with Crippen LogP contribution in [0.4, 0.5) is 5.69 Å². The summed E-state index contributed by atoms with van der Waals surface area (Å²) in [6, 6.07) is 20.3. The van der Waals surface area contributed by atoms with Crippen LogP contribution in [0.25, 0.3) is 0 Å². The SMILES string of the molecule is Cc1ccc(NC(=O)CC(=O)NN=Cc2ccccc2OCc2ccc(Cl)cc2)cc1C.